The van der Waals surface area contributed by atoms with Crippen molar-refractivity contribution in [3.05, 3.63) is 60.2 Å². The highest BCUT2D eigenvalue weighted by molar-refractivity contribution is 5.59. The molecule has 0 radical (unpaired) electrons. The summed E-state index contributed by atoms with van der Waals surface area (Å²) >= 11 is 0. The Bertz CT molecular complexity index is 629. The van der Waals surface area contributed by atoms with Gasteiger partial charge in [-0.2, -0.15) is 0 Å². The summed E-state index contributed by atoms with van der Waals surface area (Å²) in [6.45, 7) is 7.36. The SMILES string of the molecule is CCNCC1CCN(c2ccccc2OCCCc2ccccc2)C1. The average molecular weight is 338 g/mol. The van der Waals surface area contributed by atoms with Gasteiger partial charge in [0.2, 0.25) is 0 Å². The third-order valence-corrected chi connectivity index (χ3v) is 4.88. The van der Waals surface area contributed by atoms with Gasteiger partial charge in [0, 0.05) is 13.1 Å². The van der Waals surface area contributed by atoms with E-state index in [0.29, 0.717) is 0 Å². The molecule has 1 heterocycles. The van der Waals surface area contributed by atoms with E-state index in [1.807, 2.05) is 0 Å². The lowest BCUT2D eigenvalue weighted by Crippen LogP contribution is -2.26. The fourth-order valence-electron chi connectivity index (χ4n) is 3.51. The highest BCUT2D eigenvalue weighted by Gasteiger charge is 2.24. The first-order valence-electron chi connectivity index (χ1n) is 9.58. The Labute approximate surface area is 152 Å². The monoisotopic (exact) mass is 338 g/mol. The van der Waals surface area contributed by atoms with Crippen molar-refractivity contribution in [2.45, 2.75) is 26.2 Å². The lowest BCUT2D eigenvalue weighted by atomic mass is 10.1. The van der Waals surface area contributed by atoms with Crippen LogP contribution in [0.5, 0.6) is 5.75 Å². The number of hydrogen-bond donors (Lipinski definition) is 1. The Kier molecular flexibility index (Phi) is 6.75. The summed E-state index contributed by atoms with van der Waals surface area (Å²) in [7, 11) is 0. The van der Waals surface area contributed by atoms with Crippen LogP contribution >= 0.6 is 0 Å². The molecule has 0 aliphatic carbocycles. The molecule has 0 amide bonds. The van der Waals surface area contributed by atoms with Gasteiger partial charge < -0.3 is 15.0 Å². The van der Waals surface area contributed by atoms with Crippen molar-refractivity contribution in [1.82, 2.24) is 5.32 Å². The van der Waals surface area contributed by atoms with Crippen molar-refractivity contribution < 1.29 is 4.74 Å². The van der Waals surface area contributed by atoms with Crippen LogP contribution in [-0.4, -0.2) is 32.8 Å². The number of nitrogens with one attached hydrogen (secondary N) is 1. The molecule has 2 aromatic rings. The van der Waals surface area contributed by atoms with Gasteiger partial charge in [-0.3, -0.25) is 0 Å². The van der Waals surface area contributed by atoms with Crippen molar-refractivity contribution in [1.29, 1.82) is 0 Å². The minimum atomic E-state index is 0.742. The lowest BCUT2D eigenvalue weighted by Gasteiger charge is -2.22. The lowest BCUT2D eigenvalue weighted by molar-refractivity contribution is 0.311. The smallest absolute Gasteiger partial charge is 0.142 e. The summed E-state index contributed by atoms with van der Waals surface area (Å²) in [5.41, 5.74) is 2.63. The molecule has 1 fully saturated rings. The van der Waals surface area contributed by atoms with Crippen molar-refractivity contribution in [3.63, 3.8) is 0 Å². The number of aryl methyl sites for hydroxylation is 1. The van der Waals surface area contributed by atoms with Crippen LogP contribution < -0.4 is 15.0 Å². The molecule has 134 valence electrons. The fraction of sp³-hybridized carbons (Fsp3) is 0.455. The van der Waals surface area contributed by atoms with Gasteiger partial charge in [-0.15, -0.1) is 0 Å². The van der Waals surface area contributed by atoms with Crippen molar-refractivity contribution in [2.75, 3.05) is 37.7 Å². The van der Waals surface area contributed by atoms with Gasteiger partial charge >= 0.3 is 0 Å². The summed E-state index contributed by atoms with van der Waals surface area (Å²) in [5, 5.41) is 3.48. The van der Waals surface area contributed by atoms with Crippen LogP contribution in [0.3, 0.4) is 0 Å². The molecule has 3 nitrogen and oxygen atoms in total. The maximum atomic E-state index is 6.13. The molecule has 3 rings (SSSR count). The number of anilines is 1. The van der Waals surface area contributed by atoms with Gasteiger partial charge in [0.05, 0.1) is 12.3 Å². The quantitative estimate of drug-likeness (QED) is 0.696. The summed E-state index contributed by atoms with van der Waals surface area (Å²) in [6.07, 6.45) is 3.37. The molecule has 3 heteroatoms. The van der Waals surface area contributed by atoms with Gasteiger partial charge in [0.1, 0.15) is 5.75 Å². The Morgan fingerprint density at radius 2 is 1.88 bits per heavy atom. The molecule has 0 spiro atoms. The standard InChI is InChI=1S/C22H30N2O/c1-2-23-17-20-14-15-24(18-20)21-12-6-7-13-22(21)25-16-8-11-19-9-4-3-5-10-19/h3-7,9-10,12-13,20,23H,2,8,11,14-18H2,1H3. The third-order valence-electron chi connectivity index (χ3n) is 4.88. The van der Waals surface area contributed by atoms with Crippen LogP contribution in [0.1, 0.15) is 25.3 Å². The van der Waals surface area contributed by atoms with Crippen LogP contribution in [0.2, 0.25) is 0 Å². The van der Waals surface area contributed by atoms with E-state index >= 15 is 0 Å². The summed E-state index contributed by atoms with van der Waals surface area (Å²) in [4.78, 5) is 2.48. The van der Waals surface area contributed by atoms with Crippen molar-refractivity contribution in [2.24, 2.45) is 5.92 Å². The molecular formula is C22H30N2O. The fourth-order valence-corrected chi connectivity index (χ4v) is 3.51. The van der Waals surface area contributed by atoms with E-state index in [4.69, 9.17) is 4.74 Å². The minimum absolute atomic E-state index is 0.742. The largest absolute Gasteiger partial charge is 0.491 e. The zero-order valence-electron chi connectivity index (χ0n) is 15.3. The summed E-state index contributed by atoms with van der Waals surface area (Å²) in [5.74, 6) is 1.77. The van der Waals surface area contributed by atoms with Crippen LogP contribution in [0.15, 0.2) is 54.6 Å². The maximum Gasteiger partial charge on any atom is 0.142 e. The molecule has 1 unspecified atom stereocenters. The number of rotatable bonds is 9. The van der Waals surface area contributed by atoms with Gasteiger partial charge in [0.15, 0.2) is 0 Å². The number of nitrogens with zero attached hydrogens (tertiary/aromatic N) is 1. The Balaban J connectivity index is 1.51. The third kappa shape index (κ3) is 5.23. The topological polar surface area (TPSA) is 24.5 Å². The molecule has 25 heavy (non-hydrogen) atoms. The number of benzene rings is 2. The van der Waals surface area contributed by atoms with Gasteiger partial charge in [-0.05, 0) is 56.0 Å². The molecule has 2 aromatic carbocycles. The first kappa shape index (κ1) is 17.8. The zero-order valence-corrected chi connectivity index (χ0v) is 15.3. The highest BCUT2D eigenvalue weighted by Crippen LogP contribution is 2.32. The molecule has 1 aliphatic heterocycles. The summed E-state index contributed by atoms with van der Waals surface area (Å²) in [6, 6.07) is 19.1. The molecule has 0 aromatic heterocycles. The number of hydrogen-bond acceptors (Lipinski definition) is 3. The first-order valence-corrected chi connectivity index (χ1v) is 9.58. The van der Waals surface area contributed by atoms with E-state index in [0.717, 1.165) is 57.3 Å². The zero-order chi connectivity index (χ0) is 17.3. The predicted molar refractivity (Wildman–Crippen MR) is 106 cm³/mol. The molecule has 1 aliphatic rings. The molecule has 1 saturated heterocycles. The molecule has 0 saturated carbocycles. The number of para-hydroxylation sites is 2. The Morgan fingerprint density at radius 3 is 2.72 bits per heavy atom. The Hall–Kier alpha value is -2.00. The predicted octanol–water partition coefficient (Wildman–Crippen LogP) is 4.13. The molecular weight excluding hydrogens is 308 g/mol. The normalized spacial score (nSPS) is 17.0. The van der Waals surface area contributed by atoms with Crippen LogP contribution in [0.4, 0.5) is 5.69 Å². The van der Waals surface area contributed by atoms with E-state index in [1.165, 1.54) is 17.7 Å². The second-order valence-electron chi connectivity index (χ2n) is 6.81. The van der Waals surface area contributed by atoms with Crippen LogP contribution in [0.25, 0.3) is 0 Å². The molecule has 1 atom stereocenters. The van der Waals surface area contributed by atoms with E-state index in [9.17, 15) is 0 Å². The average Bonchev–Trinajstić information content (AvgIpc) is 3.13. The number of ether oxygens (including phenoxy) is 1. The van der Waals surface area contributed by atoms with Crippen molar-refractivity contribution >= 4 is 5.69 Å². The van der Waals surface area contributed by atoms with E-state index in [2.05, 4.69) is 71.7 Å². The van der Waals surface area contributed by atoms with Crippen molar-refractivity contribution in [3.8, 4) is 5.75 Å². The van der Waals surface area contributed by atoms with E-state index in [-0.39, 0.29) is 0 Å². The molecule has 1 N–H and O–H groups in total. The van der Waals surface area contributed by atoms with E-state index in [1.54, 1.807) is 0 Å². The van der Waals surface area contributed by atoms with Gasteiger partial charge in [-0.1, -0.05) is 49.4 Å². The minimum Gasteiger partial charge on any atom is -0.491 e. The second-order valence-corrected chi connectivity index (χ2v) is 6.81. The first-order chi connectivity index (χ1) is 12.4. The maximum absolute atomic E-state index is 6.13. The van der Waals surface area contributed by atoms with Gasteiger partial charge in [-0.25, -0.2) is 0 Å². The molecule has 0 bridgehead atoms. The van der Waals surface area contributed by atoms with Gasteiger partial charge in [0.25, 0.3) is 0 Å². The second kappa shape index (κ2) is 9.47. The Morgan fingerprint density at radius 1 is 1.08 bits per heavy atom. The van der Waals surface area contributed by atoms with E-state index < -0.39 is 0 Å². The van der Waals surface area contributed by atoms with Crippen LogP contribution in [-0.2, 0) is 6.42 Å². The highest BCUT2D eigenvalue weighted by atomic mass is 16.5. The van der Waals surface area contributed by atoms with Crippen LogP contribution in [0, 0.1) is 5.92 Å². The summed E-state index contributed by atoms with van der Waals surface area (Å²) < 4.78 is 6.13.